The predicted molar refractivity (Wildman–Crippen MR) is 75.9 cm³/mol. The Morgan fingerprint density at radius 1 is 1.44 bits per heavy atom. The number of hydrogen-bond acceptors (Lipinski definition) is 4. The largest absolute Gasteiger partial charge is 0.468 e. The fraction of sp³-hybridized carbons (Fsp3) is 0.643. The molecule has 0 radical (unpaired) electrons. The van der Waals surface area contributed by atoms with E-state index in [9.17, 15) is 4.79 Å². The average molecular weight is 269 g/mol. The van der Waals surface area contributed by atoms with Crippen molar-refractivity contribution in [3.05, 3.63) is 21.9 Å². The predicted octanol–water partition coefficient (Wildman–Crippen LogP) is 3.29. The van der Waals surface area contributed by atoms with E-state index in [0.29, 0.717) is 0 Å². The van der Waals surface area contributed by atoms with Crippen LogP contribution in [0.2, 0.25) is 0 Å². The standard InChI is InChI=1S/C14H23NO2S/c1-6-9(2)13(14(16)17-5)15-11(4)12-8-7-10(3)18-12/h7-9,11,13,15H,6H2,1-5H3. The highest BCUT2D eigenvalue weighted by molar-refractivity contribution is 7.12. The summed E-state index contributed by atoms with van der Waals surface area (Å²) in [5.74, 6) is 0.0884. The Balaban J connectivity index is 2.74. The van der Waals surface area contributed by atoms with Gasteiger partial charge in [0.2, 0.25) is 0 Å². The molecule has 0 bridgehead atoms. The summed E-state index contributed by atoms with van der Waals surface area (Å²) >= 11 is 1.76. The first-order chi connectivity index (χ1) is 8.49. The molecule has 102 valence electrons. The number of carbonyl (C=O) groups is 1. The number of nitrogens with one attached hydrogen (secondary N) is 1. The fourth-order valence-corrected chi connectivity index (χ4v) is 2.75. The van der Waals surface area contributed by atoms with Gasteiger partial charge < -0.3 is 4.74 Å². The van der Waals surface area contributed by atoms with E-state index in [4.69, 9.17) is 4.74 Å². The highest BCUT2D eigenvalue weighted by atomic mass is 32.1. The lowest BCUT2D eigenvalue weighted by molar-refractivity contribution is -0.144. The van der Waals surface area contributed by atoms with Crippen molar-refractivity contribution in [2.75, 3.05) is 7.11 Å². The van der Waals surface area contributed by atoms with Gasteiger partial charge in [-0.05, 0) is 31.9 Å². The highest BCUT2D eigenvalue weighted by Crippen LogP contribution is 2.24. The summed E-state index contributed by atoms with van der Waals surface area (Å²) in [7, 11) is 1.44. The maximum atomic E-state index is 11.8. The second kappa shape index (κ2) is 6.90. The molecule has 3 unspecified atom stereocenters. The van der Waals surface area contributed by atoms with Gasteiger partial charge in [0.1, 0.15) is 6.04 Å². The first-order valence-corrected chi connectivity index (χ1v) is 7.21. The van der Waals surface area contributed by atoms with Gasteiger partial charge in [0, 0.05) is 15.8 Å². The van der Waals surface area contributed by atoms with Crippen molar-refractivity contribution < 1.29 is 9.53 Å². The number of methoxy groups -OCH3 is 1. The molecule has 0 aromatic carbocycles. The molecule has 0 saturated heterocycles. The van der Waals surface area contributed by atoms with Gasteiger partial charge in [-0.2, -0.15) is 0 Å². The normalized spacial score (nSPS) is 16.1. The molecule has 1 aromatic heterocycles. The summed E-state index contributed by atoms with van der Waals surface area (Å²) in [6.45, 7) is 8.33. The molecular weight excluding hydrogens is 246 g/mol. The molecule has 1 aromatic rings. The second-order valence-electron chi connectivity index (χ2n) is 4.72. The summed E-state index contributed by atoms with van der Waals surface area (Å²) in [4.78, 5) is 14.3. The van der Waals surface area contributed by atoms with E-state index in [2.05, 4.69) is 45.1 Å². The molecule has 0 aliphatic heterocycles. The summed E-state index contributed by atoms with van der Waals surface area (Å²) < 4.78 is 4.88. The summed E-state index contributed by atoms with van der Waals surface area (Å²) in [6.07, 6.45) is 0.947. The number of ether oxygens (including phenoxy) is 1. The molecule has 0 aliphatic carbocycles. The lowest BCUT2D eigenvalue weighted by Crippen LogP contribution is -2.43. The molecule has 0 amide bonds. The molecule has 1 N–H and O–H groups in total. The van der Waals surface area contributed by atoms with Crippen LogP contribution in [0.15, 0.2) is 12.1 Å². The third-order valence-electron chi connectivity index (χ3n) is 3.29. The second-order valence-corrected chi connectivity index (χ2v) is 6.04. The molecule has 1 heterocycles. The smallest absolute Gasteiger partial charge is 0.323 e. The van der Waals surface area contributed by atoms with Crippen LogP contribution in [0.3, 0.4) is 0 Å². The zero-order valence-corrected chi connectivity index (χ0v) is 12.6. The molecule has 1 rings (SSSR count). The Morgan fingerprint density at radius 2 is 2.11 bits per heavy atom. The number of thiophene rings is 1. The van der Waals surface area contributed by atoms with Crippen molar-refractivity contribution in [2.24, 2.45) is 5.92 Å². The molecule has 0 aliphatic rings. The van der Waals surface area contributed by atoms with E-state index < -0.39 is 0 Å². The first kappa shape index (κ1) is 15.2. The van der Waals surface area contributed by atoms with Gasteiger partial charge in [0.25, 0.3) is 0 Å². The number of rotatable bonds is 6. The third kappa shape index (κ3) is 3.82. The number of esters is 1. The molecule has 0 saturated carbocycles. The van der Waals surface area contributed by atoms with E-state index in [0.717, 1.165) is 6.42 Å². The zero-order chi connectivity index (χ0) is 13.7. The van der Waals surface area contributed by atoms with E-state index in [1.165, 1.54) is 16.9 Å². The Kier molecular flexibility index (Phi) is 5.82. The quantitative estimate of drug-likeness (QED) is 0.805. The SMILES string of the molecule is CCC(C)C(NC(C)c1ccc(C)s1)C(=O)OC. The van der Waals surface area contributed by atoms with E-state index >= 15 is 0 Å². The van der Waals surface area contributed by atoms with Gasteiger partial charge in [0.05, 0.1) is 7.11 Å². The van der Waals surface area contributed by atoms with E-state index in [-0.39, 0.29) is 24.0 Å². The van der Waals surface area contributed by atoms with Gasteiger partial charge in [0.15, 0.2) is 0 Å². The topological polar surface area (TPSA) is 38.3 Å². The van der Waals surface area contributed by atoms with Crippen LogP contribution in [0.5, 0.6) is 0 Å². The van der Waals surface area contributed by atoms with Crippen LogP contribution in [0.4, 0.5) is 0 Å². The third-order valence-corrected chi connectivity index (χ3v) is 4.47. The van der Waals surface area contributed by atoms with Crippen molar-refractivity contribution >= 4 is 17.3 Å². The number of carbonyl (C=O) groups excluding carboxylic acids is 1. The van der Waals surface area contributed by atoms with Crippen LogP contribution in [0.25, 0.3) is 0 Å². The number of aryl methyl sites for hydroxylation is 1. The summed E-state index contributed by atoms with van der Waals surface area (Å²) in [5.41, 5.74) is 0. The van der Waals surface area contributed by atoms with Crippen LogP contribution in [-0.2, 0) is 9.53 Å². The maximum absolute atomic E-state index is 11.8. The van der Waals surface area contributed by atoms with Crippen molar-refractivity contribution in [1.82, 2.24) is 5.32 Å². The van der Waals surface area contributed by atoms with Crippen molar-refractivity contribution in [3.8, 4) is 0 Å². The van der Waals surface area contributed by atoms with Gasteiger partial charge in [-0.15, -0.1) is 11.3 Å². The Hall–Kier alpha value is -0.870. The van der Waals surface area contributed by atoms with E-state index in [1.54, 1.807) is 11.3 Å². The zero-order valence-electron chi connectivity index (χ0n) is 11.8. The average Bonchev–Trinajstić information content (AvgIpc) is 2.80. The lowest BCUT2D eigenvalue weighted by Gasteiger charge is -2.25. The van der Waals surface area contributed by atoms with Gasteiger partial charge in [-0.1, -0.05) is 20.3 Å². The van der Waals surface area contributed by atoms with E-state index in [1.807, 2.05) is 0 Å². The summed E-state index contributed by atoms with van der Waals surface area (Å²) in [6, 6.07) is 4.15. The maximum Gasteiger partial charge on any atom is 0.323 e. The fourth-order valence-electron chi connectivity index (χ4n) is 1.86. The van der Waals surface area contributed by atoms with Crippen molar-refractivity contribution in [3.63, 3.8) is 0 Å². The molecule has 0 fully saturated rings. The molecular formula is C14H23NO2S. The minimum Gasteiger partial charge on any atom is -0.468 e. The van der Waals surface area contributed by atoms with Crippen LogP contribution in [0, 0.1) is 12.8 Å². The van der Waals surface area contributed by atoms with Crippen LogP contribution in [0.1, 0.15) is 43.0 Å². The molecule has 18 heavy (non-hydrogen) atoms. The minimum atomic E-state index is -0.239. The number of hydrogen-bond donors (Lipinski definition) is 1. The van der Waals surface area contributed by atoms with Crippen LogP contribution < -0.4 is 5.32 Å². The molecule has 4 heteroatoms. The Labute approximate surface area is 114 Å². The first-order valence-electron chi connectivity index (χ1n) is 6.39. The van der Waals surface area contributed by atoms with Crippen molar-refractivity contribution in [2.45, 2.75) is 46.2 Å². The minimum absolute atomic E-state index is 0.168. The molecule has 0 spiro atoms. The van der Waals surface area contributed by atoms with Gasteiger partial charge >= 0.3 is 5.97 Å². The summed E-state index contributed by atoms with van der Waals surface area (Å²) in [5, 5.41) is 3.38. The highest BCUT2D eigenvalue weighted by Gasteiger charge is 2.26. The van der Waals surface area contributed by atoms with Crippen LogP contribution >= 0.6 is 11.3 Å². The lowest BCUT2D eigenvalue weighted by atomic mass is 9.98. The van der Waals surface area contributed by atoms with Gasteiger partial charge in [-0.25, -0.2) is 0 Å². The Bertz CT molecular complexity index is 389. The molecule has 3 nitrogen and oxygen atoms in total. The molecule has 3 atom stereocenters. The monoisotopic (exact) mass is 269 g/mol. The Morgan fingerprint density at radius 3 is 2.56 bits per heavy atom. The van der Waals surface area contributed by atoms with Crippen molar-refractivity contribution in [1.29, 1.82) is 0 Å². The van der Waals surface area contributed by atoms with Crippen LogP contribution in [-0.4, -0.2) is 19.1 Å². The van der Waals surface area contributed by atoms with Gasteiger partial charge in [-0.3, -0.25) is 10.1 Å².